The molecule has 0 unspecified atom stereocenters. The summed E-state index contributed by atoms with van der Waals surface area (Å²) in [6.45, 7) is -0.320. The molecular formula is C23H25NO4. The molecule has 3 rings (SSSR count). The lowest BCUT2D eigenvalue weighted by Gasteiger charge is -2.31. The van der Waals surface area contributed by atoms with Crippen LogP contribution in [0.4, 0.5) is 0 Å². The van der Waals surface area contributed by atoms with Crippen LogP contribution in [0, 0.1) is 0 Å². The molecule has 0 bridgehead atoms. The second-order valence-corrected chi connectivity index (χ2v) is 7.11. The predicted molar refractivity (Wildman–Crippen MR) is 106 cm³/mol. The minimum absolute atomic E-state index is 0.171. The number of carbonyl (C=O) groups excluding carboxylic acids is 3. The van der Waals surface area contributed by atoms with Crippen LogP contribution in [0.5, 0.6) is 0 Å². The van der Waals surface area contributed by atoms with E-state index < -0.39 is 5.97 Å². The number of ketones is 1. The highest BCUT2D eigenvalue weighted by Crippen LogP contribution is 2.22. The van der Waals surface area contributed by atoms with Crippen molar-refractivity contribution in [2.75, 3.05) is 13.7 Å². The van der Waals surface area contributed by atoms with E-state index in [0.717, 1.165) is 25.7 Å². The standard InChI is InChI=1S/C23H25NO4/c1-24(18-12-6-3-7-13-18)21(25)16-28-23(27)20-15-9-8-14-19(20)22(26)17-10-4-2-5-11-17/h2,4-5,8-11,14-15,18H,3,6-7,12-13,16H2,1H3. The van der Waals surface area contributed by atoms with Gasteiger partial charge in [0.25, 0.3) is 5.91 Å². The molecule has 1 aliphatic rings. The number of rotatable bonds is 6. The summed E-state index contributed by atoms with van der Waals surface area (Å²) in [4.78, 5) is 39.4. The summed E-state index contributed by atoms with van der Waals surface area (Å²) < 4.78 is 5.25. The molecule has 1 aliphatic carbocycles. The summed E-state index contributed by atoms with van der Waals surface area (Å²) in [5.74, 6) is -1.13. The number of ether oxygens (including phenoxy) is 1. The van der Waals surface area contributed by atoms with Crippen LogP contribution >= 0.6 is 0 Å². The number of benzene rings is 2. The summed E-state index contributed by atoms with van der Waals surface area (Å²) in [7, 11) is 1.76. The number of hydrogen-bond acceptors (Lipinski definition) is 4. The summed E-state index contributed by atoms with van der Waals surface area (Å²) >= 11 is 0. The van der Waals surface area contributed by atoms with Gasteiger partial charge in [0.1, 0.15) is 0 Å². The lowest BCUT2D eigenvalue weighted by molar-refractivity contribution is -0.135. The summed E-state index contributed by atoms with van der Waals surface area (Å²) in [5, 5.41) is 0. The molecule has 0 atom stereocenters. The summed E-state index contributed by atoms with van der Waals surface area (Å²) in [5.41, 5.74) is 0.937. The largest absolute Gasteiger partial charge is 0.452 e. The molecule has 2 aromatic rings. The average Bonchev–Trinajstić information content (AvgIpc) is 2.77. The van der Waals surface area contributed by atoms with E-state index in [9.17, 15) is 14.4 Å². The SMILES string of the molecule is CN(C(=O)COC(=O)c1ccccc1C(=O)c1ccccc1)C1CCCCC1. The Morgan fingerprint density at radius 3 is 2.18 bits per heavy atom. The zero-order valence-corrected chi connectivity index (χ0v) is 16.1. The summed E-state index contributed by atoms with van der Waals surface area (Å²) in [6, 6.07) is 15.5. The van der Waals surface area contributed by atoms with Gasteiger partial charge in [0, 0.05) is 24.2 Å². The van der Waals surface area contributed by atoms with Crippen molar-refractivity contribution in [3.63, 3.8) is 0 Å². The minimum atomic E-state index is -0.662. The third-order valence-electron chi connectivity index (χ3n) is 5.27. The molecule has 5 nitrogen and oxygen atoms in total. The first-order chi connectivity index (χ1) is 13.6. The zero-order valence-electron chi connectivity index (χ0n) is 16.1. The first-order valence-corrected chi connectivity index (χ1v) is 9.69. The molecule has 0 heterocycles. The second kappa shape index (κ2) is 9.31. The number of amides is 1. The number of nitrogens with zero attached hydrogens (tertiary/aromatic N) is 1. The predicted octanol–water partition coefficient (Wildman–Crippen LogP) is 3.87. The van der Waals surface area contributed by atoms with E-state index in [0.29, 0.717) is 5.56 Å². The lowest BCUT2D eigenvalue weighted by atomic mass is 9.94. The molecule has 0 radical (unpaired) electrons. The van der Waals surface area contributed by atoms with Crippen molar-refractivity contribution in [3.8, 4) is 0 Å². The first-order valence-electron chi connectivity index (χ1n) is 9.69. The van der Waals surface area contributed by atoms with E-state index in [1.807, 2.05) is 6.07 Å². The maximum atomic E-state index is 12.7. The molecule has 0 spiro atoms. The number of carbonyl (C=O) groups is 3. The Morgan fingerprint density at radius 1 is 0.893 bits per heavy atom. The Labute approximate surface area is 165 Å². The number of esters is 1. The highest BCUT2D eigenvalue weighted by Gasteiger charge is 2.24. The van der Waals surface area contributed by atoms with Gasteiger partial charge in [0.05, 0.1) is 5.56 Å². The van der Waals surface area contributed by atoms with Crippen molar-refractivity contribution < 1.29 is 19.1 Å². The van der Waals surface area contributed by atoms with E-state index in [4.69, 9.17) is 4.74 Å². The van der Waals surface area contributed by atoms with Crippen LogP contribution in [0.3, 0.4) is 0 Å². The Kier molecular flexibility index (Phi) is 6.58. The maximum Gasteiger partial charge on any atom is 0.339 e. The molecule has 28 heavy (non-hydrogen) atoms. The Morgan fingerprint density at radius 2 is 1.50 bits per heavy atom. The smallest absolute Gasteiger partial charge is 0.339 e. The molecule has 1 fully saturated rings. The van der Waals surface area contributed by atoms with Crippen molar-refractivity contribution in [2.24, 2.45) is 0 Å². The van der Waals surface area contributed by atoms with Crippen LogP contribution in [0.2, 0.25) is 0 Å². The number of likely N-dealkylation sites (N-methyl/N-ethyl adjacent to an activating group) is 1. The van der Waals surface area contributed by atoms with Crippen molar-refractivity contribution >= 4 is 17.7 Å². The molecule has 0 saturated heterocycles. The monoisotopic (exact) mass is 379 g/mol. The first kappa shape index (κ1) is 19.8. The van der Waals surface area contributed by atoms with Gasteiger partial charge in [-0.2, -0.15) is 0 Å². The molecule has 5 heteroatoms. The molecule has 1 saturated carbocycles. The van der Waals surface area contributed by atoms with Gasteiger partial charge in [0.2, 0.25) is 0 Å². The Bertz CT molecular complexity index is 841. The van der Waals surface area contributed by atoms with Gasteiger partial charge in [-0.3, -0.25) is 9.59 Å². The van der Waals surface area contributed by atoms with Crippen LogP contribution in [-0.4, -0.2) is 42.3 Å². The number of hydrogen-bond donors (Lipinski definition) is 0. The summed E-state index contributed by atoms with van der Waals surface area (Å²) in [6.07, 6.45) is 5.43. The van der Waals surface area contributed by atoms with Gasteiger partial charge in [-0.25, -0.2) is 4.79 Å². The van der Waals surface area contributed by atoms with Gasteiger partial charge in [-0.1, -0.05) is 67.8 Å². The second-order valence-electron chi connectivity index (χ2n) is 7.11. The molecule has 0 aliphatic heterocycles. The van der Waals surface area contributed by atoms with Gasteiger partial charge in [-0.05, 0) is 18.9 Å². The van der Waals surface area contributed by atoms with Crippen LogP contribution in [0.15, 0.2) is 54.6 Å². The molecular weight excluding hydrogens is 354 g/mol. The molecule has 0 N–H and O–H groups in total. The van der Waals surface area contributed by atoms with Gasteiger partial charge < -0.3 is 9.64 Å². The van der Waals surface area contributed by atoms with Crippen molar-refractivity contribution in [1.29, 1.82) is 0 Å². The van der Waals surface area contributed by atoms with Gasteiger partial charge in [-0.15, -0.1) is 0 Å². The molecule has 0 aromatic heterocycles. The van der Waals surface area contributed by atoms with Crippen molar-refractivity contribution in [1.82, 2.24) is 4.90 Å². The van der Waals surface area contributed by atoms with Crippen LogP contribution < -0.4 is 0 Å². The minimum Gasteiger partial charge on any atom is -0.452 e. The normalized spacial score (nSPS) is 14.3. The van der Waals surface area contributed by atoms with Gasteiger partial charge in [0.15, 0.2) is 12.4 Å². The topological polar surface area (TPSA) is 63.7 Å². The van der Waals surface area contributed by atoms with Crippen molar-refractivity contribution in [3.05, 3.63) is 71.3 Å². The Hall–Kier alpha value is -2.95. The highest BCUT2D eigenvalue weighted by molar-refractivity contribution is 6.14. The van der Waals surface area contributed by atoms with E-state index in [2.05, 4.69) is 0 Å². The van der Waals surface area contributed by atoms with E-state index in [-0.39, 0.29) is 35.5 Å². The maximum absolute atomic E-state index is 12.7. The third kappa shape index (κ3) is 4.66. The highest BCUT2D eigenvalue weighted by atomic mass is 16.5. The zero-order chi connectivity index (χ0) is 19.9. The molecule has 146 valence electrons. The fraction of sp³-hybridized carbons (Fsp3) is 0.348. The fourth-order valence-electron chi connectivity index (χ4n) is 3.58. The molecule has 2 aromatic carbocycles. The van der Waals surface area contributed by atoms with Gasteiger partial charge >= 0.3 is 5.97 Å². The Balaban J connectivity index is 1.66. The van der Waals surface area contributed by atoms with E-state index in [1.165, 1.54) is 6.42 Å². The lowest BCUT2D eigenvalue weighted by Crippen LogP contribution is -2.40. The van der Waals surface area contributed by atoms with E-state index in [1.54, 1.807) is 60.5 Å². The van der Waals surface area contributed by atoms with Crippen LogP contribution in [0.25, 0.3) is 0 Å². The average molecular weight is 379 g/mol. The van der Waals surface area contributed by atoms with Crippen LogP contribution in [0.1, 0.15) is 58.4 Å². The molecule has 1 amide bonds. The van der Waals surface area contributed by atoms with Crippen LogP contribution in [-0.2, 0) is 9.53 Å². The van der Waals surface area contributed by atoms with Crippen molar-refractivity contribution in [2.45, 2.75) is 38.1 Å². The fourth-order valence-corrected chi connectivity index (χ4v) is 3.58. The van der Waals surface area contributed by atoms with E-state index >= 15 is 0 Å². The quantitative estimate of drug-likeness (QED) is 0.565. The third-order valence-corrected chi connectivity index (χ3v) is 5.27.